The van der Waals surface area contributed by atoms with Crippen LogP contribution in [-0.2, 0) is 6.54 Å². The molecule has 1 atom stereocenters. The van der Waals surface area contributed by atoms with Gasteiger partial charge in [-0.15, -0.1) is 5.10 Å². The van der Waals surface area contributed by atoms with Gasteiger partial charge in [0.1, 0.15) is 0 Å². The van der Waals surface area contributed by atoms with Crippen LogP contribution in [0, 0.1) is 0 Å². The summed E-state index contributed by atoms with van der Waals surface area (Å²) in [6.07, 6.45) is 4.12. The molecule has 0 aliphatic carbocycles. The van der Waals surface area contributed by atoms with Gasteiger partial charge in [0.05, 0.1) is 5.69 Å². The molecule has 1 N–H and O–H groups in total. The van der Waals surface area contributed by atoms with Crippen molar-refractivity contribution in [3.8, 4) is 0 Å². The van der Waals surface area contributed by atoms with E-state index in [1.807, 2.05) is 5.38 Å². The number of nitrogens with zero attached hydrogens (tertiary/aromatic N) is 3. The summed E-state index contributed by atoms with van der Waals surface area (Å²) >= 11 is 1.41. The standard InChI is InChI=1S/C11H20N4S/c1-10-4-2-3-6-15(10)7-5-12-8-11-9-16-14-13-11/h9-10,12H,2-8H2,1H3. The van der Waals surface area contributed by atoms with E-state index < -0.39 is 0 Å². The predicted octanol–water partition coefficient (Wildman–Crippen LogP) is 1.50. The second-order valence-electron chi connectivity index (χ2n) is 4.45. The average molecular weight is 240 g/mol. The Morgan fingerprint density at radius 1 is 1.56 bits per heavy atom. The minimum Gasteiger partial charge on any atom is -0.310 e. The Balaban J connectivity index is 1.60. The van der Waals surface area contributed by atoms with Crippen molar-refractivity contribution in [3.05, 3.63) is 11.1 Å². The number of rotatable bonds is 5. The summed E-state index contributed by atoms with van der Waals surface area (Å²) in [5, 5.41) is 9.42. The summed E-state index contributed by atoms with van der Waals surface area (Å²) in [6, 6.07) is 0.761. The molecular formula is C11H20N4S. The van der Waals surface area contributed by atoms with Gasteiger partial charge in [0, 0.05) is 31.1 Å². The Hall–Kier alpha value is -0.520. The maximum atomic E-state index is 4.01. The first-order valence-corrected chi connectivity index (χ1v) is 6.90. The summed E-state index contributed by atoms with van der Waals surface area (Å²) in [4.78, 5) is 2.58. The highest BCUT2D eigenvalue weighted by molar-refractivity contribution is 7.03. The third-order valence-corrected chi connectivity index (χ3v) is 3.78. The number of hydrogen-bond acceptors (Lipinski definition) is 5. The van der Waals surface area contributed by atoms with E-state index in [-0.39, 0.29) is 0 Å². The number of likely N-dealkylation sites (tertiary alicyclic amines) is 1. The smallest absolute Gasteiger partial charge is 0.0893 e. The van der Waals surface area contributed by atoms with Gasteiger partial charge in [-0.3, -0.25) is 4.90 Å². The monoisotopic (exact) mass is 240 g/mol. The molecule has 2 rings (SSSR count). The zero-order chi connectivity index (χ0) is 11.2. The lowest BCUT2D eigenvalue weighted by Gasteiger charge is -2.33. The maximum Gasteiger partial charge on any atom is 0.0893 e. The van der Waals surface area contributed by atoms with E-state index in [9.17, 15) is 0 Å². The molecule has 2 heterocycles. The van der Waals surface area contributed by atoms with Crippen molar-refractivity contribution in [1.29, 1.82) is 0 Å². The Morgan fingerprint density at radius 3 is 3.25 bits per heavy atom. The van der Waals surface area contributed by atoms with Crippen LogP contribution in [0.25, 0.3) is 0 Å². The van der Waals surface area contributed by atoms with Crippen LogP contribution in [0.5, 0.6) is 0 Å². The second kappa shape index (κ2) is 6.27. The second-order valence-corrected chi connectivity index (χ2v) is 5.06. The van der Waals surface area contributed by atoms with Gasteiger partial charge < -0.3 is 5.32 Å². The lowest BCUT2D eigenvalue weighted by molar-refractivity contribution is 0.161. The highest BCUT2D eigenvalue weighted by atomic mass is 32.1. The summed E-state index contributed by atoms with van der Waals surface area (Å²) < 4.78 is 3.84. The number of piperidine rings is 1. The molecule has 0 saturated carbocycles. The summed E-state index contributed by atoms with van der Waals surface area (Å²) in [7, 11) is 0. The lowest BCUT2D eigenvalue weighted by atomic mass is 10.0. The van der Waals surface area contributed by atoms with Crippen LogP contribution in [-0.4, -0.2) is 40.2 Å². The Bertz CT molecular complexity index is 288. The molecule has 1 aliphatic rings. The molecule has 0 bridgehead atoms. The molecular weight excluding hydrogens is 220 g/mol. The van der Waals surface area contributed by atoms with Crippen LogP contribution in [0.4, 0.5) is 0 Å². The summed E-state index contributed by atoms with van der Waals surface area (Å²) in [6.45, 7) is 6.64. The lowest BCUT2D eigenvalue weighted by Crippen LogP contribution is -2.41. The van der Waals surface area contributed by atoms with Gasteiger partial charge in [0.15, 0.2) is 0 Å². The molecule has 4 nitrogen and oxygen atoms in total. The molecule has 0 aromatic carbocycles. The van der Waals surface area contributed by atoms with E-state index in [1.54, 1.807) is 0 Å². The molecule has 1 unspecified atom stereocenters. The van der Waals surface area contributed by atoms with Crippen molar-refractivity contribution in [2.24, 2.45) is 0 Å². The van der Waals surface area contributed by atoms with Crippen LogP contribution in [0.3, 0.4) is 0 Å². The first-order chi connectivity index (χ1) is 7.86. The van der Waals surface area contributed by atoms with Gasteiger partial charge in [0.25, 0.3) is 0 Å². The van der Waals surface area contributed by atoms with E-state index in [1.165, 1.54) is 37.3 Å². The van der Waals surface area contributed by atoms with Crippen molar-refractivity contribution in [2.45, 2.75) is 38.8 Å². The first-order valence-electron chi connectivity index (χ1n) is 6.07. The summed E-state index contributed by atoms with van der Waals surface area (Å²) in [5.41, 5.74) is 1.05. The van der Waals surface area contributed by atoms with E-state index >= 15 is 0 Å². The van der Waals surface area contributed by atoms with Crippen molar-refractivity contribution in [1.82, 2.24) is 19.8 Å². The van der Waals surface area contributed by atoms with E-state index in [0.29, 0.717) is 0 Å². The Kier molecular flexibility index (Phi) is 4.69. The van der Waals surface area contributed by atoms with E-state index in [0.717, 1.165) is 31.4 Å². The highest BCUT2D eigenvalue weighted by Crippen LogP contribution is 2.15. The minimum atomic E-state index is 0.761. The normalized spacial score (nSPS) is 22.4. The molecule has 1 aromatic heterocycles. The number of hydrogen-bond donors (Lipinski definition) is 1. The first kappa shape index (κ1) is 12.0. The quantitative estimate of drug-likeness (QED) is 0.792. The number of aromatic nitrogens is 2. The fourth-order valence-electron chi connectivity index (χ4n) is 2.19. The molecule has 1 aliphatic heterocycles. The van der Waals surface area contributed by atoms with Crippen molar-refractivity contribution in [2.75, 3.05) is 19.6 Å². The van der Waals surface area contributed by atoms with Gasteiger partial charge in [0.2, 0.25) is 0 Å². The third kappa shape index (κ3) is 3.50. The maximum absolute atomic E-state index is 4.01. The summed E-state index contributed by atoms with van der Waals surface area (Å²) in [5.74, 6) is 0. The molecule has 0 amide bonds. The van der Waals surface area contributed by atoms with Gasteiger partial charge in [-0.1, -0.05) is 10.9 Å². The third-order valence-electron chi connectivity index (χ3n) is 3.23. The molecule has 1 aromatic rings. The van der Waals surface area contributed by atoms with Crippen LogP contribution in [0.1, 0.15) is 31.9 Å². The topological polar surface area (TPSA) is 41.0 Å². The molecule has 5 heteroatoms. The molecule has 0 radical (unpaired) electrons. The molecule has 16 heavy (non-hydrogen) atoms. The average Bonchev–Trinajstić information content (AvgIpc) is 2.79. The highest BCUT2D eigenvalue weighted by Gasteiger charge is 2.16. The minimum absolute atomic E-state index is 0.761. The van der Waals surface area contributed by atoms with Crippen LogP contribution < -0.4 is 5.32 Å². The van der Waals surface area contributed by atoms with Crippen LogP contribution in [0.2, 0.25) is 0 Å². The van der Waals surface area contributed by atoms with Gasteiger partial charge in [-0.25, -0.2) is 0 Å². The molecule has 90 valence electrons. The fraction of sp³-hybridized carbons (Fsp3) is 0.818. The SMILES string of the molecule is CC1CCCCN1CCNCc1csnn1. The Labute approximate surface area is 101 Å². The fourth-order valence-corrected chi connectivity index (χ4v) is 2.64. The van der Waals surface area contributed by atoms with Gasteiger partial charge in [-0.2, -0.15) is 0 Å². The molecule has 0 spiro atoms. The van der Waals surface area contributed by atoms with E-state index in [4.69, 9.17) is 0 Å². The van der Waals surface area contributed by atoms with E-state index in [2.05, 4.69) is 26.7 Å². The van der Waals surface area contributed by atoms with Crippen molar-refractivity contribution >= 4 is 11.5 Å². The predicted molar refractivity (Wildman–Crippen MR) is 66.5 cm³/mol. The molecule has 1 fully saturated rings. The van der Waals surface area contributed by atoms with Crippen molar-refractivity contribution in [3.63, 3.8) is 0 Å². The Morgan fingerprint density at radius 2 is 2.50 bits per heavy atom. The van der Waals surface area contributed by atoms with Crippen LogP contribution in [0.15, 0.2) is 5.38 Å². The zero-order valence-electron chi connectivity index (χ0n) is 9.85. The molecule has 1 saturated heterocycles. The van der Waals surface area contributed by atoms with Gasteiger partial charge in [-0.05, 0) is 37.8 Å². The largest absolute Gasteiger partial charge is 0.310 e. The zero-order valence-corrected chi connectivity index (χ0v) is 10.7. The van der Waals surface area contributed by atoms with Gasteiger partial charge >= 0.3 is 0 Å². The van der Waals surface area contributed by atoms with Crippen molar-refractivity contribution < 1.29 is 0 Å². The number of nitrogens with one attached hydrogen (secondary N) is 1. The van der Waals surface area contributed by atoms with Crippen LogP contribution >= 0.6 is 11.5 Å².